The van der Waals surface area contributed by atoms with Crippen LogP contribution in [0.2, 0.25) is 0 Å². The second kappa shape index (κ2) is 5.66. The van der Waals surface area contributed by atoms with Gasteiger partial charge in [0.2, 0.25) is 10.0 Å². The first-order valence-corrected chi connectivity index (χ1v) is 8.60. The Morgan fingerprint density at radius 1 is 1.55 bits per heavy atom. The number of nitro groups is 1. The van der Waals surface area contributed by atoms with Gasteiger partial charge in [-0.05, 0) is 24.7 Å². The molecule has 1 aromatic rings. The molecule has 2 N–H and O–H groups in total. The molecule has 1 unspecified atom stereocenters. The second-order valence-electron chi connectivity index (χ2n) is 4.95. The third-order valence-electron chi connectivity index (χ3n) is 3.40. The molecule has 0 aliphatic heterocycles. The molecule has 0 saturated heterocycles. The number of hydrogen-bond donors (Lipinski definition) is 2. The standard InChI is InChI=1S/C11H17N3O4S2/c1-7(8-3-4-8)6-13-20(17,18)10-5-9(14(15)16)11(12-2)19-10/h5,7-8,12-13H,3-4,6H2,1-2H3. The minimum absolute atomic E-state index is 0.0310. The highest BCUT2D eigenvalue weighted by Gasteiger charge is 2.30. The first kappa shape index (κ1) is 15.2. The van der Waals surface area contributed by atoms with Crippen LogP contribution >= 0.6 is 11.3 Å². The molecular formula is C11H17N3O4S2. The quantitative estimate of drug-likeness (QED) is 0.591. The van der Waals surface area contributed by atoms with Crippen LogP contribution in [0.25, 0.3) is 0 Å². The van der Waals surface area contributed by atoms with Gasteiger partial charge in [0.1, 0.15) is 4.21 Å². The van der Waals surface area contributed by atoms with Crippen LogP contribution < -0.4 is 10.0 Å². The van der Waals surface area contributed by atoms with Crippen LogP contribution in [-0.4, -0.2) is 26.9 Å². The average Bonchev–Trinajstić information content (AvgIpc) is 3.13. The maximum absolute atomic E-state index is 12.1. The molecular weight excluding hydrogens is 302 g/mol. The lowest BCUT2D eigenvalue weighted by atomic mass is 10.1. The van der Waals surface area contributed by atoms with Gasteiger partial charge in [-0.3, -0.25) is 10.1 Å². The van der Waals surface area contributed by atoms with Gasteiger partial charge in [-0.25, -0.2) is 13.1 Å². The van der Waals surface area contributed by atoms with Gasteiger partial charge in [0.15, 0.2) is 5.00 Å². The molecule has 2 rings (SSSR count). The second-order valence-corrected chi connectivity index (χ2v) is 8.00. The lowest BCUT2D eigenvalue weighted by molar-refractivity contribution is -0.383. The number of sulfonamides is 1. The highest BCUT2D eigenvalue weighted by molar-refractivity contribution is 7.91. The highest BCUT2D eigenvalue weighted by atomic mass is 32.2. The first-order chi connectivity index (χ1) is 9.35. The van der Waals surface area contributed by atoms with Gasteiger partial charge in [0.25, 0.3) is 0 Å². The van der Waals surface area contributed by atoms with Crippen molar-refractivity contribution in [2.75, 3.05) is 18.9 Å². The van der Waals surface area contributed by atoms with Crippen molar-refractivity contribution in [1.82, 2.24) is 4.72 Å². The van der Waals surface area contributed by atoms with Crippen molar-refractivity contribution in [3.8, 4) is 0 Å². The van der Waals surface area contributed by atoms with Gasteiger partial charge < -0.3 is 5.32 Å². The third kappa shape index (κ3) is 3.28. The van der Waals surface area contributed by atoms with E-state index in [1.165, 1.54) is 7.05 Å². The Morgan fingerprint density at radius 3 is 2.65 bits per heavy atom. The number of hydrogen-bond acceptors (Lipinski definition) is 6. The highest BCUT2D eigenvalue weighted by Crippen LogP contribution is 2.38. The Bertz CT molecular complexity index is 607. The Kier molecular flexibility index (Phi) is 4.31. The van der Waals surface area contributed by atoms with Crippen LogP contribution in [-0.2, 0) is 10.0 Å². The number of nitrogens with one attached hydrogen (secondary N) is 2. The average molecular weight is 319 g/mol. The molecule has 1 aliphatic rings. The van der Waals surface area contributed by atoms with E-state index in [9.17, 15) is 18.5 Å². The maximum Gasteiger partial charge on any atom is 0.304 e. The SMILES string of the molecule is CNc1sc(S(=O)(=O)NCC(C)C2CC2)cc1[N+](=O)[O-]. The van der Waals surface area contributed by atoms with Gasteiger partial charge in [-0.1, -0.05) is 18.3 Å². The van der Waals surface area contributed by atoms with Crippen LogP contribution in [0.4, 0.5) is 10.7 Å². The van der Waals surface area contributed by atoms with Crippen molar-refractivity contribution >= 4 is 32.0 Å². The molecule has 0 aromatic carbocycles. The Balaban J connectivity index is 2.14. The van der Waals surface area contributed by atoms with E-state index >= 15 is 0 Å². The number of thiophene rings is 1. The lowest BCUT2D eigenvalue weighted by Gasteiger charge is -2.10. The normalized spacial score (nSPS) is 16.9. The molecule has 0 amide bonds. The number of rotatable bonds is 7. The van der Waals surface area contributed by atoms with Crippen molar-refractivity contribution in [3.05, 3.63) is 16.2 Å². The van der Waals surface area contributed by atoms with E-state index in [0.29, 0.717) is 18.4 Å². The van der Waals surface area contributed by atoms with E-state index in [1.54, 1.807) is 0 Å². The van der Waals surface area contributed by atoms with Gasteiger partial charge in [0.05, 0.1) is 4.92 Å². The molecule has 112 valence electrons. The van der Waals surface area contributed by atoms with Crippen molar-refractivity contribution in [2.45, 2.75) is 24.0 Å². The molecule has 9 heteroatoms. The molecule has 1 fully saturated rings. The fraction of sp³-hybridized carbons (Fsp3) is 0.636. The predicted octanol–water partition coefficient (Wildman–Crippen LogP) is 2.02. The minimum Gasteiger partial charge on any atom is -0.374 e. The number of nitrogens with zero attached hydrogens (tertiary/aromatic N) is 1. The van der Waals surface area contributed by atoms with Crippen LogP contribution in [0.15, 0.2) is 10.3 Å². The van der Waals surface area contributed by atoms with Crippen LogP contribution in [0.3, 0.4) is 0 Å². The van der Waals surface area contributed by atoms with Gasteiger partial charge in [-0.2, -0.15) is 0 Å². The van der Waals surface area contributed by atoms with E-state index in [-0.39, 0.29) is 14.9 Å². The van der Waals surface area contributed by atoms with Crippen molar-refractivity contribution < 1.29 is 13.3 Å². The minimum atomic E-state index is -3.68. The summed E-state index contributed by atoms with van der Waals surface area (Å²) in [6.45, 7) is 2.38. The third-order valence-corrected chi connectivity index (χ3v) is 6.44. The Morgan fingerprint density at radius 2 is 2.20 bits per heavy atom. The summed E-state index contributed by atoms with van der Waals surface area (Å²) >= 11 is 0.867. The number of anilines is 1. The van der Waals surface area contributed by atoms with Crippen molar-refractivity contribution in [3.63, 3.8) is 0 Å². The van der Waals surface area contributed by atoms with Crippen LogP contribution in [0.1, 0.15) is 19.8 Å². The summed E-state index contributed by atoms with van der Waals surface area (Å²) < 4.78 is 26.8. The molecule has 1 aliphatic carbocycles. The van der Waals surface area contributed by atoms with Crippen LogP contribution in [0.5, 0.6) is 0 Å². The van der Waals surface area contributed by atoms with Crippen molar-refractivity contribution in [1.29, 1.82) is 0 Å². The molecule has 1 heterocycles. The van der Waals surface area contributed by atoms with E-state index in [2.05, 4.69) is 10.0 Å². The fourth-order valence-corrected chi connectivity index (χ4v) is 4.42. The Hall–Kier alpha value is -1.19. The molecule has 0 spiro atoms. The van der Waals surface area contributed by atoms with Gasteiger partial charge >= 0.3 is 5.69 Å². The van der Waals surface area contributed by atoms with E-state index in [0.717, 1.165) is 30.2 Å². The summed E-state index contributed by atoms with van der Waals surface area (Å²) in [5, 5.41) is 13.7. The molecule has 0 radical (unpaired) electrons. The van der Waals surface area contributed by atoms with E-state index in [1.807, 2.05) is 6.92 Å². The van der Waals surface area contributed by atoms with E-state index in [4.69, 9.17) is 0 Å². The fourth-order valence-electron chi connectivity index (χ4n) is 1.95. The van der Waals surface area contributed by atoms with Crippen molar-refractivity contribution in [2.24, 2.45) is 11.8 Å². The zero-order valence-corrected chi connectivity index (χ0v) is 12.9. The van der Waals surface area contributed by atoms with E-state index < -0.39 is 14.9 Å². The monoisotopic (exact) mass is 319 g/mol. The predicted molar refractivity (Wildman–Crippen MR) is 77.6 cm³/mol. The molecule has 1 atom stereocenters. The van der Waals surface area contributed by atoms with Gasteiger partial charge in [-0.15, -0.1) is 0 Å². The topological polar surface area (TPSA) is 101 Å². The summed E-state index contributed by atoms with van der Waals surface area (Å²) in [6.07, 6.45) is 2.30. The Labute approximate surface area is 121 Å². The summed E-state index contributed by atoms with van der Waals surface area (Å²) in [6, 6.07) is 1.10. The first-order valence-electron chi connectivity index (χ1n) is 6.30. The summed E-state index contributed by atoms with van der Waals surface area (Å²) in [5.41, 5.74) is -0.215. The zero-order valence-electron chi connectivity index (χ0n) is 11.3. The zero-order chi connectivity index (χ0) is 14.9. The summed E-state index contributed by atoms with van der Waals surface area (Å²) in [5.74, 6) is 0.895. The molecule has 0 bridgehead atoms. The van der Waals surface area contributed by atoms with Crippen LogP contribution in [0, 0.1) is 22.0 Å². The molecule has 20 heavy (non-hydrogen) atoms. The molecule has 7 nitrogen and oxygen atoms in total. The summed E-state index contributed by atoms with van der Waals surface area (Å²) in [7, 11) is -2.16. The summed E-state index contributed by atoms with van der Waals surface area (Å²) in [4.78, 5) is 10.3. The largest absolute Gasteiger partial charge is 0.374 e. The van der Waals surface area contributed by atoms with Gasteiger partial charge in [0, 0.05) is 19.7 Å². The molecule has 1 saturated carbocycles. The lowest BCUT2D eigenvalue weighted by Crippen LogP contribution is -2.28. The maximum atomic E-state index is 12.1. The smallest absolute Gasteiger partial charge is 0.304 e. The molecule has 1 aromatic heterocycles.